The molecule has 8 rings (SSSR count). The van der Waals surface area contributed by atoms with Crippen molar-refractivity contribution < 1.29 is 48.6 Å². The van der Waals surface area contributed by atoms with Crippen molar-refractivity contribution in [2.75, 3.05) is 6.61 Å². The Morgan fingerprint density at radius 2 is 1.72 bits per heavy atom. The van der Waals surface area contributed by atoms with Crippen LogP contribution >= 0.6 is 0 Å². The number of aliphatic hydroxyl groups excluding tert-OH is 2. The van der Waals surface area contributed by atoms with Crippen molar-refractivity contribution >= 4 is 17.8 Å². The van der Waals surface area contributed by atoms with Crippen molar-refractivity contribution in [2.24, 2.45) is 17.8 Å². The van der Waals surface area contributed by atoms with Crippen LogP contribution < -0.4 is 0 Å². The van der Waals surface area contributed by atoms with Crippen LogP contribution in [0.4, 0.5) is 0 Å². The molecule has 3 saturated heterocycles. The molecule has 6 aliphatic rings. The molecule has 10 nitrogen and oxygen atoms in total. The largest absolute Gasteiger partial charge is 0.455 e. The lowest BCUT2D eigenvalue weighted by Gasteiger charge is -2.61. The lowest BCUT2D eigenvalue weighted by molar-refractivity contribution is -0.440. The highest BCUT2D eigenvalue weighted by atomic mass is 16.9. The second kappa shape index (κ2) is 9.54. The quantitative estimate of drug-likeness (QED) is 0.189. The molecule has 10 heteroatoms. The maximum Gasteiger partial charge on any atom is 0.331 e. The second-order valence-electron chi connectivity index (χ2n) is 13.5. The van der Waals surface area contributed by atoms with E-state index >= 15 is 0 Å². The molecule has 2 aromatic carbocycles. The minimum Gasteiger partial charge on any atom is -0.455 e. The van der Waals surface area contributed by atoms with E-state index in [0.717, 1.165) is 5.56 Å². The van der Waals surface area contributed by atoms with E-state index in [4.69, 9.17) is 23.7 Å². The zero-order valence-corrected chi connectivity index (χ0v) is 25.7. The Labute approximate surface area is 265 Å². The van der Waals surface area contributed by atoms with Crippen LogP contribution in [0.2, 0.25) is 0 Å². The van der Waals surface area contributed by atoms with Crippen LogP contribution in [0.5, 0.6) is 0 Å². The van der Waals surface area contributed by atoms with Crippen LogP contribution in [0.3, 0.4) is 0 Å². The number of hydrogen-bond acceptors (Lipinski definition) is 10. The summed E-state index contributed by atoms with van der Waals surface area (Å²) in [5.74, 6) is -5.94. The van der Waals surface area contributed by atoms with Crippen LogP contribution in [0.15, 0.2) is 90.5 Å². The molecular formula is C36H36O10. The summed E-state index contributed by atoms with van der Waals surface area (Å²) in [5, 5.41) is 34.9. The number of hydrogen-bond donors (Lipinski definition) is 3. The zero-order valence-electron chi connectivity index (χ0n) is 25.7. The monoisotopic (exact) mass is 628 g/mol. The fraction of sp³-hybridized carbons (Fsp3) is 0.444. The summed E-state index contributed by atoms with van der Waals surface area (Å²) >= 11 is 0. The van der Waals surface area contributed by atoms with E-state index in [1.165, 1.54) is 6.08 Å². The number of ketones is 1. The van der Waals surface area contributed by atoms with Crippen molar-refractivity contribution in [2.45, 2.75) is 73.6 Å². The lowest BCUT2D eigenvalue weighted by Crippen LogP contribution is -2.76. The van der Waals surface area contributed by atoms with Gasteiger partial charge in [-0.25, -0.2) is 4.79 Å². The van der Waals surface area contributed by atoms with E-state index in [1.807, 2.05) is 43.3 Å². The number of rotatable bonds is 6. The number of ether oxygens (including phenoxy) is 5. The Morgan fingerprint density at radius 3 is 2.37 bits per heavy atom. The average molecular weight is 629 g/mol. The van der Waals surface area contributed by atoms with Gasteiger partial charge in [0.05, 0.1) is 12.2 Å². The molecule has 0 radical (unpaired) electrons. The number of carbonyl (C=O) groups is 2. The number of Topliss-reactive ketones (excluding diaryl/α,β-unsaturated/α-hetero) is 1. The molecule has 2 saturated carbocycles. The first-order valence-corrected chi connectivity index (χ1v) is 15.6. The van der Waals surface area contributed by atoms with E-state index in [-0.39, 0.29) is 5.57 Å². The van der Waals surface area contributed by atoms with Crippen LogP contribution in [-0.4, -0.2) is 80.5 Å². The van der Waals surface area contributed by atoms with E-state index in [0.29, 0.717) is 11.1 Å². The number of fused-ring (bicyclic) bond motifs is 3. The highest BCUT2D eigenvalue weighted by molar-refractivity contribution is 6.05. The predicted molar refractivity (Wildman–Crippen MR) is 161 cm³/mol. The van der Waals surface area contributed by atoms with Crippen molar-refractivity contribution in [3.8, 4) is 0 Å². The molecule has 2 aromatic rings. The summed E-state index contributed by atoms with van der Waals surface area (Å²) in [4.78, 5) is 27.4. The minimum atomic E-state index is -2.43. The van der Waals surface area contributed by atoms with Gasteiger partial charge in [-0.1, -0.05) is 80.2 Å². The third-order valence-corrected chi connectivity index (χ3v) is 11.3. The maximum atomic E-state index is 13.8. The summed E-state index contributed by atoms with van der Waals surface area (Å²) in [5.41, 5.74) is -5.12. The van der Waals surface area contributed by atoms with Gasteiger partial charge in [-0.2, -0.15) is 0 Å². The van der Waals surface area contributed by atoms with Crippen LogP contribution in [0.1, 0.15) is 31.9 Å². The maximum absolute atomic E-state index is 13.8. The van der Waals surface area contributed by atoms with Gasteiger partial charge in [0.15, 0.2) is 17.0 Å². The van der Waals surface area contributed by atoms with Gasteiger partial charge in [0, 0.05) is 29.4 Å². The third kappa shape index (κ3) is 3.40. The molecular weight excluding hydrogens is 592 g/mol. The van der Waals surface area contributed by atoms with Crippen molar-refractivity contribution in [3.63, 3.8) is 0 Å². The fourth-order valence-corrected chi connectivity index (χ4v) is 9.20. The standard InChI is InChI=1S/C36H36O10/c1-19(2)34-28(42-25(38)16-15-22-11-7-5-8-12-22)21(4)35-24-17-20(3)27(39)33(24,41)31(40)32(18-37)29(43-32)26(35)30(34)44-36(45-34,46-35)23-13-9-6-10-14-23/h5-17,21,24,26,28-31,37,40-41H,1,18H2,2-4H3/b16-15+/t21-,24-,26+,28-,29-,30-,31+,32-,33+,34+,35-,36?/m1/s1. The molecule has 46 heavy (non-hydrogen) atoms. The molecule has 0 aromatic heterocycles. The Balaban J connectivity index is 1.35. The van der Waals surface area contributed by atoms with E-state index in [2.05, 4.69) is 6.58 Å². The summed E-state index contributed by atoms with van der Waals surface area (Å²) < 4.78 is 33.3. The van der Waals surface area contributed by atoms with Crippen molar-refractivity contribution in [1.29, 1.82) is 0 Å². The Kier molecular flexibility index (Phi) is 6.20. The molecule has 0 amide bonds. The smallest absolute Gasteiger partial charge is 0.331 e. The van der Waals surface area contributed by atoms with Crippen LogP contribution in [0.25, 0.3) is 6.08 Å². The molecule has 3 heterocycles. The number of carbonyl (C=O) groups excluding carboxylic acids is 2. The highest BCUT2D eigenvalue weighted by Crippen LogP contribution is 2.74. The van der Waals surface area contributed by atoms with Gasteiger partial charge in [0.2, 0.25) is 0 Å². The fourth-order valence-electron chi connectivity index (χ4n) is 9.20. The first-order chi connectivity index (χ1) is 21.9. The average Bonchev–Trinajstić information content (AvgIpc) is 3.68. The lowest BCUT2D eigenvalue weighted by atomic mass is 9.53. The number of aliphatic hydroxyl groups is 3. The van der Waals surface area contributed by atoms with Gasteiger partial charge in [0.25, 0.3) is 0 Å². The third-order valence-electron chi connectivity index (χ3n) is 11.3. The van der Waals surface area contributed by atoms with E-state index in [9.17, 15) is 24.9 Å². The molecule has 12 atom stereocenters. The Bertz CT molecular complexity index is 1710. The van der Waals surface area contributed by atoms with Gasteiger partial charge in [-0.05, 0) is 36.6 Å². The van der Waals surface area contributed by atoms with Crippen molar-refractivity contribution in [3.05, 3.63) is 102 Å². The Hall–Kier alpha value is -3.48. The van der Waals surface area contributed by atoms with Gasteiger partial charge in [0.1, 0.15) is 30.0 Å². The number of epoxide rings is 1. The summed E-state index contributed by atoms with van der Waals surface area (Å²) in [6.45, 7) is 8.80. The van der Waals surface area contributed by atoms with E-state index in [1.54, 1.807) is 50.3 Å². The van der Waals surface area contributed by atoms with Gasteiger partial charge < -0.3 is 39.0 Å². The molecule has 5 fully saturated rings. The summed E-state index contributed by atoms with van der Waals surface area (Å²) in [7, 11) is 0. The minimum absolute atomic E-state index is 0.229. The van der Waals surface area contributed by atoms with Gasteiger partial charge in [-0.3, -0.25) is 4.79 Å². The first-order valence-electron chi connectivity index (χ1n) is 15.6. The summed E-state index contributed by atoms with van der Waals surface area (Å²) in [6, 6.07) is 18.3. The molecule has 240 valence electrons. The SMILES string of the molecule is C=C(C)[C@@]12OC3(c4ccccc4)O[C@@H]1[C@@H]1[C@H]4O[C@@]4(CO)[C@H](O)[C@@]4(O)C(=O)C(C)=C[C@H]4[C@]1(O3)[C@H](C)[C@H]2OC(=O)/C=C/c1ccccc1. The zero-order chi connectivity index (χ0) is 32.4. The number of esters is 1. The van der Waals surface area contributed by atoms with Crippen LogP contribution in [-0.2, 0) is 39.2 Å². The van der Waals surface area contributed by atoms with Gasteiger partial charge >= 0.3 is 11.9 Å². The molecule has 3 N–H and O–H groups in total. The number of benzene rings is 2. The second-order valence-corrected chi connectivity index (χ2v) is 13.5. The molecule has 3 bridgehead atoms. The first kappa shape index (κ1) is 29.9. The Morgan fingerprint density at radius 1 is 1.04 bits per heavy atom. The molecule has 3 aliphatic heterocycles. The van der Waals surface area contributed by atoms with Crippen molar-refractivity contribution in [1.82, 2.24) is 0 Å². The molecule has 0 spiro atoms. The van der Waals surface area contributed by atoms with Crippen LogP contribution in [0, 0.1) is 17.8 Å². The van der Waals surface area contributed by atoms with Gasteiger partial charge in [-0.15, -0.1) is 0 Å². The normalized spacial score (nSPS) is 46.3. The molecule has 3 aliphatic carbocycles. The topological polar surface area (TPSA) is 144 Å². The summed E-state index contributed by atoms with van der Waals surface area (Å²) in [6.07, 6.45) is -0.138. The van der Waals surface area contributed by atoms with E-state index < -0.39 is 88.9 Å². The predicted octanol–water partition coefficient (Wildman–Crippen LogP) is 2.57. The molecule has 1 unspecified atom stereocenters. The highest BCUT2D eigenvalue weighted by Gasteiger charge is 2.90.